The molecule has 0 unspecified atom stereocenters. The highest BCUT2D eigenvalue weighted by molar-refractivity contribution is 7.98. The van der Waals surface area contributed by atoms with Gasteiger partial charge in [0.1, 0.15) is 6.33 Å². The lowest BCUT2D eigenvalue weighted by molar-refractivity contribution is 0.877. The maximum Gasteiger partial charge on any atom is 0.241 e. The van der Waals surface area contributed by atoms with Gasteiger partial charge in [0.25, 0.3) is 0 Å². The van der Waals surface area contributed by atoms with E-state index in [4.69, 9.17) is 0 Å². The molecule has 0 radical (unpaired) electrons. The number of thioether (sulfide) groups is 1. The first-order chi connectivity index (χ1) is 9.83. The van der Waals surface area contributed by atoms with Crippen LogP contribution in [0.5, 0.6) is 0 Å². The Kier molecular flexibility index (Phi) is 5.60. The highest BCUT2D eigenvalue weighted by Crippen LogP contribution is 2.09. The molecule has 2 aromatic rings. The van der Waals surface area contributed by atoms with Crippen LogP contribution in [0.15, 0.2) is 18.7 Å². The Hall–Kier alpha value is -1.83. The molecule has 108 valence electrons. The average Bonchev–Trinajstić information content (AvgIpc) is 2.99. The summed E-state index contributed by atoms with van der Waals surface area (Å²) < 4.78 is 1.76. The van der Waals surface area contributed by atoms with E-state index in [2.05, 4.69) is 43.7 Å². The quantitative estimate of drug-likeness (QED) is 0.716. The van der Waals surface area contributed by atoms with Crippen LogP contribution in [0, 0.1) is 0 Å². The van der Waals surface area contributed by atoms with Crippen LogP contribution in [-0.4, -0.2) is 49.6 Å². The van der Waals surface area contributed by atoms with Crippen LogP contribution in [-0.2, 0) is 0 Å². The molecule has 2 N–H and O–H groups in total. The molecule has 2 rings (SSSR count). The molecule has 0 aromatic carbocycles. The van der Waals surface area contributed by atoms with Crippen molar-refractivity contribution < 1.29 is 0 Å². The molecule has 20 heavy (non-hydrogen) atoms. The number of rotatable bonds is 8. The van der Waals surface area contributed by atoms with Crippen molar-refractivity contribution in [2.45, 2.75) is 13.3 Å². The van der Waals surface area contributed by atoms with E-state index in [9.17, 15) is 0 Å². The number of nitrogens with one attached hydrogen (secondary N) is 2. The molecule has 0 spiro atoms. The predicted molar refractivity (Wildman–Crippen MR) is 82.6 cm³/mol. The fourth-order valence-electron chi connectivity index (χ4n) is 1.52. The van der Waals surface area contributed by atoms with Crippen LogP contribution in [0.2, 0.25) is 0 Å². The maximum atomic E-state index is 4.40. The molecule has 2 aromatic heterocycles. The number of hydrogen-bond acceptors (Lipinski definition) is 7. The molecule has 0 bridgehead atoms. The number of nitrogens with zero attached hydrogens (tertiary/aromatic N) is 5. The number of hydrogen-bond donors (Lipinski definition) is 2. The van der Waals surface area contributed by atoms with E-state index in [-0.39, 0.29) is 0 Å². The van der Waals surface area contributed by atoms with Crippen molar-refractivity contribution in [2.75, 3.05) is 35.7 Å². The highest BCUT2D eigenvalue weighted by atomic mass is 32.2. The van der Waals surface area contributed by atoms with Gasteiger partial charge in [0, 0.05) is 31.2 Å². The SMILES string of the molecule is CCCNc1nc(NCCSC)nc(-n2ccnc2)n1. The van der Waals surface area contributed by atoms with Gasteiger partial charge in [-0.1, -0.05) is 6.92 Å². The van der Waals surface area contributed by atoms with Gasteiger partial charge >= 0.3 is 0 Å². The molecule has 0 aliphatic heterocycles. The lowest BCUT2D eigenvalue weighted by Crippen LogP contribution is -2.14. The van der Waals surface area contributed by atoms with E-state index in [1.54, 1.807) is 28.9 Å². The Morgan fingerprint density at radius 2 is 1.90 bits per heavy atom. The van der Waals surface area contributed by atoms with Crippen molar-refractivity contribution in [1.29, 1.82) is 0 Å². The molecule has 0 amide bonds. The third-order valence-electron chi connectivity index (χ3n) is 2.48. The summed E-state index contributed by atoms with van der Waals surface area (Å²) in [4.78, 5) is 17.2. The molecule has 0 fully saturated rings. The second-order valence-corrected chi connectivity index (χ2v) is 5.08. The van der Waals surface area contributed by atoms with E-state index in [1.165, 1.54) is 0 Å². The molecular formula is C12H19N7S. The Bertz CT molecular complexity index is 515. The zero-order valence-corrected chi connectivity index (χ0v) is 12.5. The van der Waals surface area contributed by atoms with Gasteiger partial charge < -0.3 is 10.6 Å². The van der Waals surface area contributed by atoms with Crippen molar-refractivity contribution in [1.82, 2.24) is 24.5 Å². The largest absolute Gasteiger partial charge is 0.354 e. The maximum absolute atomic E-state index is 4.40. The predicted octanol–water partition coefficient (Wildman–Crippen LogP) is 1.65. The zero-order chi connectivity index (χ0) is 14.2. The third kappa shape index (κ3) is 4.09. The Morgan fingerprint density at radius 1 is 1.15 bits per heavy atom. The van der Waals surface area contributed by atoms with E-state index >= 15 is 0 Å². The fourth-order valence-corrected chi connectivity index (χ4v) is 1.82. The second-order valence-electron chi connectivity index (χ2n) is 4.10. The fraction of sp³-hybridized carbons (Fsp3) is 0.500. The van der Waals surface area contributed by atoms with Gasteiger partial charge in [-0.05, 0) is 12.7 Å². The van der Waals surface area contributed by atoms with Crippen molar-refractivity contribution in [3.8, 4) is 5.95 Å². The van der Waals surface area contributed by atoms with Crippen molar-refractivity contribution in [3.05, 3.63) is 18.7 Å². The smallest absolute Gasteiger partial charge is 0.241 e. The highest BCUT2D eigenvalue weighted by Gasteiger charge is 2.07. The molecule has 2 heterocycles. The summed E-state index contributed by atoms with van der Waals surface area (Å²) in [5, 5.41) is 6.39. The van der Waals surface area contributed by atoms with Crippen LogP contribution < -0.4 is 10.6 Å². The second kappa shape index (κ2) is 7.68. The Morgan fingerprint density at radius 3 is 2.50 bits per heavy atom. The molecule has 0 saturated carbocycles. The van der Waals surface area contributed by atoms with Crippen LogP contribution in [0.4, 0.5) is 11.9 Å². The van der Waals surface area contributed by atoms with E-state index in [0.717, 1.165) is 25.3 Å². The summed E-state index contributed by atoms with van der Waals surface area (Å²) in [6.45, 7) is 3.75. The molecule has 8 heteroatoms. The molecule has 0 aliphatic carbocycles. The van der Waals surface area contributed by atoms with Crippen LogP contribution in [0.1, 0.15) is 13.3 Å². The van der Waals surface area contributed by atoms with Gasteiger partial charge in [0.2, 0.25) is 17.8 Å². The molecular weight excluding hydrogens is 274 g/mol. The Balaban J connectivity index is 2.19. The van der Waals surface area contributed by atoms with E-state index < -0.39 is 0 Å². The van der Waals surface area contributed by atoms with Crippen LogP contribution in [0.25, 0.3) is 5.95 Å². The van der Waals surface area contributed by atoms with Gasteiger partial charge in [0.05, 0.1) is 0 Å². The van der Waals surface area contributed by atoms with Crippen LogP contribution in [0.3, 0.4) is 0 Å². The normalized spacial score (nSPS) is 10.5. The third-order valence-corrected chi connectivity index (χ3v) is 3.09. The number of imidazole rings is 1. The first-order valence-corrected chi connectivity index (χ1v) is 7.94. The lowest BCUT2D eigenvalue weighted by atomic mass is 10.5. The van der Waals surface area contributed by atoms with Gasteiger partial charge in [0.15, 0.2) is 0 Å². The minimum absolute atomic E-state index is 0.558. The van der Waals surface area contributed by atoms with Crippen LogP contribution >= 0.6 is 11.8 Å². The van der Waals surface area contributed by atoms with Gasteiger partial charge in [-0.25, -0.2) is 4.98 Å². The summed E-state index contributed by atoms with van der Waals surface area (Å²) in [6.07, 6.45) is 8.26. The van der Waals surface area contributed by atoms with Crippen molar-refractivity contribution in [3.63, 3.8) is 0 Å². The summed E-state index contributed by atoms with van der Waals surface area (Å²) in [6, 6.07) is 0. The van der Waals surface area contributed by atoms with Crippen molar-refractivity contribution >= 4 is 23.7 Å². The average molecular weight is 293 g/mol. The first kappa shape index (κ1) is 14.6. The standard InChI is InChI=1S/C12H19N7S/c1-3-4-14-10-16-11(15-6-8-20-2)18-12(17-10)19-7-5-13-9-19/h5,7,9H,3-4,6,8H2,1-2H3,(H2,14,15,16,17,18). The molecule has 7 nitrogen and oxygen atoms in total. The van der Waals surface area contributed by atoms with Gasteiger partial charge in [-0.15, -0.1) is 0 Å². The molecule has 0 aliphatic rings. The lowest BCUT2D eigenvalue weighted by Gasteiger charge is -2.09. The topological polar surface area (TPSA) is 80.5 Å². The van der Waals surface area contributed by atoms with E-state index in [1.807, 2.05) is 6.20 Å². The van der Waals surface area contributed by atoms with Gasteiger partial charge in [-0.2, -0.15) is 26.7 Å². The zero-order valence-electron chi connectivity index (χ0n) is 11.7. The minimum Gasteiger partial charge on any atom is -0.354 e. The molecule has 0 atom stereocenters. The van der Waals surface area contributed by atoms with Gasteiger partial charge in [-0.3, -0.25) is 4.57 Å². The summed E-state index contributed by atoms with van der Waals surface area (Å²) in [7, 11) is 0. The Labute approximate surface area is 122 Å². The number of aromatic nitrogens is 5. The molecule has 0 saturated heterocycles. The first-order valence-electron chi connectivity index (χ1n) is 6.54. The van der Waals surface area contributed by atoms with E-state index in [0.29, 0.717) is 17.8 Å². The summed E-state index contributed by atoms with van der Waals surface area (Å²) >= 11 is 1.78. The monoisotopic (exact) mass is 293 g/mol. The minimum atomic E-state index is 0.558. The summed E-state index contributed by atoms with van der Waals surface area (Å²) in [5.74, 6) is 2.72. The number of anilines is 2. The summed E-state index contributed by atoms with van der Waals surface area (Å²) in [5.41, 5.74) is 0. The van der Waals surface area contributed by atoms with Crippen molar-refractivity contribution in [2.24, 2.45) is 0 Å².